The maximum absolute atomic E-state index is 6.11. The molecule has 1 aromatic rings. The Hall–Kier alpha value is -0.583. The van der Waals surface area contributed by atoms with E-state index in [9.17, 15) is 0 Å². The lowest BCUT2D eigenvalue weighted by Crippen LogP contribution is -2.41. The lowest BCUT2D eigenvalue weighted by Gasteiger charge is -2.36. The molecule has 0 amide bonds. The number of pyridine rings is 1. The van der Waals surface area contributed by atoms with Gasteiger partial charge < -0.3 is 9.74 Å². The van der Waals surface area contributed by atoms with E-state index in [1.165, 1.54) is 0 Å². The summed E-state index contributed by atoms with van der Waals surface area (Å²) in [5.74, 6) is 0. The molecule has 0 fully saturated rings. The quantitative estimate of drug-likeness (QED) is 0.643. The molecular formula is C14H25ClN2OSi. The third-order valence-electron chi connectivity index (χ3n) is 3.84. The Kier molecular flexibility index (Phi) is 5.41. The Morgan fingerprint density at radius 2 is 1.95 bits per heavy atom. The van der Waals surface area contributed by atoms with Crippen LogP contribution >= 0.6 is 11.6 Å². The molecule has 0 atom stereocenters. The molecule has 0 saturated heterocycles. The smallest absolute Gasteiger partial charge is 0.192 e. The molecule has 1 aromatic heterocycles. The number of rotatable bonds is 5. The molecule has 0 spiro atoms. The summed E-state index contributed by atoms with van der Waals surface area (Å²) in [6.45, 7) is 14.7. The Morgan fingerprint density at radius 3 is 2.53 bits per heavy atom. The van der Waals surface area contributed by atoms with Gasteiger partial charge in [-0.3, -0.25) is 4.98 Å². The average Bonchev–Trinajstić information content (AvgIpc) is 2.28. The number of nitrogens with zero attached hydrogens (tertiary/aromatic N) is 1. The van der Waals surface area contributed by atoms with Crippen molar-refractivity contribution in [2.45, 2.75) is 45.8 Å². The zero-order valence-electron chi connectivity index (χ0n) is 12.8. The van der Waals surface area contributed by atoms with Crippen molar-refractivity contribution in [2.24, 2.45) is 0 Å². The van der Waals surface area contributed by atoms with E-state index in [1.807, 2.05) is 6.92 Å². The number of halogens is 1. The van der Waals surface area contributed by atoms with Gasteiger partial charge >= 0.3 is 0 Å². The van der Waals surface area contributed by atoms with Crippen molar-refractivity contribution in [3.8, 4) is 0 Å². The van der Waals surface area contributed by atoms with Crippen molar-refractivity contribution in [2.75, 3.05) is 18.5 Å². The molecule has 0 saturated carbocycles. The predicted molar refractivity (Wildman–Crippen MR) is 85.6 cm³/mol. The van der Waals surface area contributed by atoms with Gasteiger partial charge in [0, 0.05) is 12.7 Å². The topological polar surface area (TPSA) is 34.2 Å². The first-order chi connectivity index (χ1) is 8.65. The molecule has 0 radical (unpaired) electrons. The minimum absolute atomic E-state index is 0.251. The summed E-state index contributed by atoms with van der Waals surface area (Å²) in [6.07, 6.45) is 3.46. The fourth-order valence-corrected chi connectivity index (χ4v) is 2.59. The van der Waals surface area contributed by atoms with E-state index >= 15 is 0 Å². The molecule has 108 valence electrons. The largest absolute Gasteiger partial charge is 0.415 e. The lowest BCUT2D eigenvalue weighted by molar-refractivity contribution is 0.301. The number of anilines is 1. The molecule has 1 heterocycles. The minimum atomic E-state index is -1.65. The van der Waals surface area contributed by atoms with Gasteiger partial charge in [0.05, 0.1) is 23.5 Å². The second kappa shape index (κ2) is 6.24. The van der Waals surface area contributed by atoms with Crippen molar-refractivity contribution in [1.82, 2.24) is 4.98 Å². The first-order valence-corrected chi connectivity index (χ1v) is 9.92. The van der Waals surface area contributed by atoms with Gasteiger partial charge in [0.25, 0.3) is 0 Å². The molecule has 0 aromatic carbocycles. The Bertz CT molecular complexity index is 430. The summed E-state index contributed by atoms with van der Waals surface area (Å²) in [7, 11) is -1.65. The molecule has 0 aliphatic rings. The highest BCUT2D eigenvalue weighted by Gasteiger charge is 2.36. The van der Waals surface area contributed by atoms with E-state index in [4.69, 9.17) is 16.0 Å². The summed E-state index contributed by atoms with van der Waals surface area (Å²) >= 11 is 6.03. The van der Waals surface area contributed by atoms with Crippen LogP contribution in [0.5, 0.6) is 0 Å². The third-order valence-corrected chi connectivity index (χ3v) is 8.76. The second-order valence-electron chi connectivity index (χ2n) is 6.33. The second-order valence-corrected chi connectivity index (χ2v) is 11.5. The minimum Gasteiger partial charge on any atom is -0.415 e. The maximum Gasteiger partial charge on any atom is 0.192 e. The van der Waals surface area contributed by atoms with Crippen molar-refractivity contribution < 1.29 is 4.43 Å². The lowest BCUT2D eigenvalue weighted by atomic mass is 10.2. The van der Waals surface area contributed by atoms with Gasteiger partial charge in [0.1, 0.15) is 0 Å². The van der Waals surface area contributed by atoms with Crippen LogP contribution in [0.3, 0.4) is 0 Å². The summed E-state index contributed by atoms with van der Waals surface area (Å²) in [4.78, 5) is 4.09. The molecule has 0 aliphatic carbocycles. The average molecular weight is 301 g/mol. The van der Waals surface area contributed by atoms with Crippen LogP contribution in [0.4, 0.5) is 5.69 Å². The van der Waals surface area contributed by atoms with Gasteiger partial charge in [-0.2, -0.15) is 0 Å². The third kappa shape index (κ3) is 4.47. The van der Waals surface area contributed by atoms with Crippen molar-refractivity contribution in [1.29, 1.82) is 0 Å². The van der Waals surface area contributed by atoms with Gasteiger partial charge in [0.2, 0.25) is 0 Å². The summed E-state index contributed by atoms with van der Waals surface area (Å²) in [5, 5.41) is 4.27. The van der Waals surface area contributed by atoms with Crippen LogP contribution in [0.1, 0.15) is 26.3 Å². The van der Waals surface area contributed by atoms with Gasteiger partial charge in [-0.15, -0.1) is 0 Å². The van der Waals surface area contributed by atoms with E-state index in [0.29, 0.717) is 11.6 Å². The molecule has 3 nitrogen and oxygen atoms in total. The summed E-state index contributed by atoms with van der Waals surface area (Å²) in [6, 6.07) is 0. The molecular weight excluding hydrogens is 276 g/mol. The fraction of sp³-hybridized carbons (Fsp3) is 0.643. The van der Waals surface area contributed by atoms with Crippen LogP contribution in [0.2, 0.25) is 23.2 Å². The highest BCUT2D eigenvalue weighted by Crippen LogP contribution is 2.36. The highest BCUT2D eigenvalue weighted by atomic mass is 35.5. The number of hydrogen-bond donors (Lipinski definition) is 1. The molecule has 5 heteroatoms. The number of aromatic nitrogens is 1. The zero-order valence-corrected chi connectivity index (χ0v) is 14.6. The van der Waals surface area contributed by atoms with Crippen LogP contribution in [0.15, 0.2) is 12.4 Å². The Labute approximate surface area is 122 Å². The standard InChI is InChI=1S/C14H25ClN2OSi/c1-11-12(15)9-16-10-13(11)17-7-8-18-19(5,6)14(2,3)4/h9-10,17H,7-8H2,1-6H3. The molecule has 0 aliphatic heterocycles. The van der Waals surface area contributed by atoms with Crippen LogP contribution in [-0.2, 0) is 4.43 Å². The van der Waals surface area contributed by atoms with Crippen molar-refractivity contribution in [3.63, 3.8) is 0 Å². The maximum atomic E-state index is 6.11. The van der Waals surface area contributed by atoms with Crippen LogP contribution < -0.4 is 5.32 Å². The van der Waals surface area contributed by atoms with E-state index in [2.05, 4.69) is 44.2 Å². The molecule has 0 unspecified atom stereocenters. The van der Waals surface area contributed by atoms with Gasteiger partial charge in [-0.25, -0.2) is 0 Å². The van der Waals surface area contributed by atoms with Crippen molar-refractivity contribution >= 4 is 25.6 Å². The zero-order chi connectivity index (χ0) is 14.7. The van der Waals surface area contributed by atoms with E-state index < -0.39 is 8.32 Å². The van der Waals surface area contributed by atoms with E-state index in [-0.39, 0.29) is 5.04 Å². The number of nitrogens with one attached hydrogen (secondary N) is 1. The molecule has 1 N–H and O–H groups in total. The highest BCUT2D eigenvalue weighted by molar-refractivity contribution is 6.74. The monoisotopic (exact) mass is 300 g/mol. The van der Waals surface area contributed by atoms with E-state index in [1.54, 1.807) is 12.4 Å². The Morgan fingerprint density at radius 1 is 1.32 bits per heavy atom. The molecule has 1 rings (SSSR count). The van der Waals surface area contributed by atoms with Gasteiger partial charge in [-0.05, 0) is 30.6 Å². The van der Waals surface area contributed by atoms with Gasteiger partial charge in [0.15, 0.2) is 8.32 Å². The summed E-state index contributed by atoms with van der Waals surface area (Å²) in [5.41, 5.74) is 2.01. The van der Waals surface area contributed by atoms with Crippen LogP contribution in [0.25, 0.3) is 0 Å². The normalized spacial score (nSPS) is 12.6. The van der Waals surface area contributed by atoms with Crippen molar-refractivity contribution in [3.05, 3.63) is 23.0 Å². The summed E-state index contributed by atoms with van der Waals surface area (Å²) < 4.78 is 6.11. The van der Waals surface area contributed by atoms with Gasteiger partial charge in [-0.1, -0.05) is 32.4 Å². The predicted octanol–water partition coefficient (Wildman–Crippen LogP) is 4.48. The van der Waals surface area contributed by atoms with E-state index in [0.717, 1.165) is 17.8 Å². The SMILES string of the molecule is Cc1c(Cl)cncc1NCCO[Si](C)(C)C(C)(C)C. The Balaban J connectivity index is 2.46. The fourth-order valence-electron chi connectivity index (χ4n) is 1.39. The van der Waals surface area contributed by atoms with Crippen LogP contribution in [-0.4, -0.2) is 26.5 Å². The first kappa shape index (κ1) is 16.5. The van der Waals surface area contributed by atoms with Crippen LogP contribution in [0, 0.1) is 6.92 Å². The molecule has 0 bridgehead atoms. The number of hydrogen-bond acceptors (Lipinski definition) is 3. The first-order valence-electron chi connectivity index (χ1n) is 6.63. The molecule has 19 heavy (non-hydrogen) atoms.